The highest BCUT2D eigenvalue weighted by atomic mass is 32.2. The summed E-state index contributed by atoms with van der Waals surface area (Å²) in [7, 11) is -9.72. The summed E-state index contributed by atoms with van der Waals surface area (Å²) in [6.45, 7) is 3.94. The normalized spacial score (nSPS) is 12.6. The van der Waals surface area contributed by atoms with E-state index < -0.39 is 30.0 Å². The molecule has 2 N–H and O–H groups in total. The summed E-state index contributed by atoms with van der Waals surface area (Å²) in [4.78, 5) is -1.42. The van der Waals surface area contributed by atoms with Crippen LogP contribution in [0.3, 0.4) is 0 Å². The zero-order chi connectivity index (χ0) is 19.5. The van der Waals surface area contributed by atoms with Gasteiger partial charge in [-0.1, -0.05) is 51.0 Å². The van der Waals surface area contributed by atoms with Crippen LogP contribution in [0.4, 0.5) is 0 Å². The van der Waals surface area contributed by atoms with Gasteiger partial charge in [0, 0.05) is 5.39 Å². The van der Waals surface area contributed by atoms with Crippen molar-refractivity contribution < 1.29 is 25.9 Å². The standard InChI is InChI=1S/C18H24O6S2/c1-3-5-9-13-14-11-7-8-12-16(14)18(26(22,23)24)17(25(19,20)21)15(13)10-6-4-2/h7-8,11-12H,3-6,9-10H2,1-2H3,(H,19,20,21)(H,22,23,24). The topological polar surface area (TPSA) is 109 Å². The van der Waals surface area contributed by atoms with Gasteiger partial charge in [0.1, 0.15) is 9.79 Å². The molecule has 0 aliphatic carbocycles. The first-order valence-corrected chi connectivity index (χ1v) is 11.5. The Balaban J connectivity index is 3.09. The molecular formula is C18H24O6S2. The van der Waals surface area contributed by atoms with Crippen LogP contribution in [0, 0.1) is 0 Å². The summed E-state index contributed by atoms with van der Waals surface area (Å²) in [5.74, 6) is 0. The van der Waals surface area contributed by atoms with E-state index in [0.717, 1.165) is 24.8 Å². The Hall–Kier alpha value is -1.48. The molecule has 0 fully saturated rings. The number of fused-ring (bicyclic) bond motifs is 1. The molecular weight excluding hydrogens is 376 g/mol. The van der Waals surface area contributed by atoms with E-state index >= 15 is 0 Å². The molecule has 144 valence electrons. The van der Waals surface area contributed by atoms with Crippen molar-refractivity contribution in [2.45, 2.75) is 62.2 Å². The number of hydrogen-bond acceptors (Lipinski definition) is 4. The fourth-order valence-electron chi connectivity index (χ4n) is 3.29. The predicted molar refractivity (Wildman–Crippen MR) is 101 cm³/mol. The fourth-order valence-corrected chi connectivity index (χ4v) is 5.62. The SMILES string of the molecule is CCCCc1c(S(=O)(=O)O)c(S(=O)(=O)O)c2ccccc2c1CCCC. The summed E-state index contributed by atoms with van der Waals surface area (Å²) in [6, 6.07) is 6.48. The van der Waals surface area contributed by atoms with Gasteiger partial charge in [0.2, 0.25) is 0 Å². The highest BCUT2D eigenvalue weighted by Gasteiger charge is 2.32. The van der Waals surface area contributed by atoms with Crippen LogP contribution in [0.2, 0.25) is 0 Å². The van der Waals surface area contributed by atoms with Crippen molar-refractivity contribution in [2.24, 2.45) is 0 Å². The van der Waals surface area contributed by atoms with E-state index in [4.69, 9.17) is 0 Å². The van der Waals surface area contributed by atoms with Crippen LogP contribution in [0.5, 0.6) is 0 Å². The zero-order valence-electron chi connectivity index (χ0n) is 14.9. The van der Waals surface area contributed by atoms with E-state index in [1.165, 1.54) is 6.07 Å². The van der Waals surface area contributed by atoms with Crippen molar-refractivity contribution in [3.05, 3.63) is 35.4 Å². The lowest BCUT2D eigenvalue weighted by molar-refractivity contribution is 0.466. The zero-order valence-corrected chi connectivity index (χ0v) is 16.5. The number of hydrogen-bond donors (Lipinski definition) is 2. The minimum absolute atomic E-state index is 0.106. The first-order valence-electron chi connectivity index (χ1n) is 8.64. The van der Waals surface area contributed by atoms with E-state index in [1.54, 1.807) is 18.2 Å². The molecule has 2 rings (SSSR count). The summed E-state index contributed by atoms with van der Waals surface area (Å²) >= 11 is 0. The molecule has 0 heterocycles. The Morgan fingerprint density at radius 1 is 0.731 bits per heavy atom. The molecule has 0 bridgehead atoms. The molecule has 0 atom stereocenters. The van der Waals surface area contributed by atoms with Gasteiger partial charge in [-0.15, -0.1) is 0 Å². The Labute approximate surface area is 154 Å². The highest BCUT2D eigenvalue weighted by Crippen LogP contribution is 2.38. The van der Waals surface area contributed by atoms with Crippen molar-refractivity contribution in [1.29, 1.82) is 0 Å². The second kappa shape index (κ2) is 8.04. The molecule has 26 heavy (non-hydrogen) atoms. The average molecular weight is 401 g/mol. The molecule has 0 saturated heterocycles. The van der Waals surface area contributed by atoms with Crippen molar-refractivity contribution >= 4 is 31.0 Å². The van der Waals surface area contributed by atoms with Crippen molar-refractivity contribution in [1.82, 2.24) is 0 Å². The Bertz CT molecular complexity index is 1010. The maximum absolute atomic E-state index is 12.1. The molecule has 0 amide bonds. The molecule has 0 unspecified atom stereocenters. The van der Waals surface area contributed by atoms with E-state index in [9.17, 15) is 25.9 Å². The van der Waals surface area contributed by atoms with Crippen molar-refractivity contribution in [3.63, 3.8) is 0 Å². The molecule has 2 aromatic carbocycles. The molecule has 2 aromatic rings. The van der Waals surface area contributed by atoms with Gasteiger partial charge in [-0.25, -0.2) is 0 Å². The molecule has 0 spiro atoms. The second-order valence-corrected chi connectivity index (χ2v) is 9.03. The number of aryl methyl sites for hydroxylation is 1. The quantitative estimate of drug-likeness (QED) is 0.648. The molecule has 0 radical (unpaired) electrons. The van der Waals surface area contributed by atoms with Crippen molar-refractivity contribution in [2.75, 3.05) is 0 Å². The van der Waals surface area contributed by atoms with E-state index in [1.807, 2.05) is 13.8 Å². The van der Waals surface area contributed by atoms with Gasteiger partial charge in [-0.05, 0) is 42.2 Å². The van der Waals surface area contributed by atoms with Crippen LogP contribution in [0.15, 0.2) is 34.1 Å². The third kappa shape index (κ3) is 4.25. The third-order valence-corrected chi connectivity index (χ3v) is 6.45. The number of rotatable bonds is 8. The van der Waals surface area contributed by atoms with Crippen LogP contribution in [-0.2, 0) is 33.1 Å². The first kappa shape index (κ1) is 20.8. The smallest absolute Gasteiger partial charge is 0.282 e. The number of unbranched alkanes of at least 4 members (excludes halogenated alkanes) is 2. The highest BCUT2D eigenvalue weighted by molar-refractivity contribution is 7.89. The van der Waals surface area contributed by atoms with E-state index in [0.29, 0.717) is 24.6 Å². The maximum Gasteiger partial charge on any atom is 0.296 e. The lowest BCUT2D eigenvalue weighted by atomic mass is 9.92. The summed E-state index contributed by atoms with van der Waals surface area (Å²) in [5.41, 5.74) is 1.00. The number of benzene rings is 2. The molecule has 0 aromatic heterocycles. The predicted octanol–water partition coefficient (Wildman–Crippen LogP) is 4.02. The monoisotopic (exact) mass is 400 g/mol. The van der Waals surface area contributed by atoms with Gasteiger partial charge in [-0.3, -0.25) is 9.11 Å². The van der Waals surface area contributed by atoms with Crippen LogP contribution in [0.1, 0.15) is 50.7 Å². The minimum Gasteiger partial charge on any atom is -0.282 e. The fraction of sp³-hybridized carbons (Fsp3) is 0.444. The second-order valence-electron chi connectivity index (χ2n) is 6.32. The lowest BCUT2D eigenvalue weighted by Gasteiger charge is -2.20. The summed E-state index contributed by atoms with van der Waals surface area (Å²) in [6.07, 6.45) is 3.93. The third-order valence-electron chi connectivity index (χ3n) is 4.42. The minimum atomic E-state index is -4.87. The molecule has 8 heteroatoms. The van der Waals surface area contributed by atoms with E-state index in [2.05, 4.69) is 0 Å². The van der Waals surface area contributed by atoms with Gasteiger partial charge < -0.3 is 0 Å². The average Bonchev–Trinajstić information content (AvgIpc) is 2.55. The Morgan fingerprint density at radius 3 is 1.65 bits per heavy atom. The van der Waals surface area contributed by atoms with Crippen LogP contribution in [-0.4, -0.2) is 25.9 Å². The lowest BCUT2D eigenvalue weighted by Crippen LogP contribution is -2.15. The van der Waals surface area contributed by atoms with Crippen LogP contribution >= 0.6 is 0 Å². The van der Waals surface area contributed by atoms with Gasteiger partial charge in [0.05, 0.1) is 0 Å². The molecule has 0 saturated carbocycles. The van der Waals surface area contributed by atoms with Gasteiger partial charge in [0.25, 0.3) is 20.2 Å². The molecule has 0 aliphatic rings. The van der Waals surface area contributed by atoms with Crippen LogP contribution < -0.4 is 0 Å². The van der Waals surface area contributed by atoms with Gasteiger partial charge in [0.15, 0.2) is 0 Å². The summed E-state index contributed by atoms with van der Waals surface area (Å²) < 4.78 is 67.9. The molecule has 0 aliphatic heterocycles. The largest absolute Gasteiger partial charge is 0.296 e. The van der Waals surface area contributed by atoms with Crippen LogP contribution in [0.25, 0.3) is 10.8 Å². The van der Waals surface area contributed by atoms with E-state index in [-0.39, 0.29) is 10.9 Å². The Morgan fingerprint density at radius 2 is 1.19 bits per heavy atom. The van der Waals surface area contributed by atoms with Gasteiger partial charge in [-0.2, -0.15) is 16.8 Å². The Kier molecular flexibility index (Phi) is 6.44. The summed E-state index contributed by atoms with van der Waals surface area (Å²) in [5, 5.41) is 0.695. The maximum atomic E-state index is 12.1. The first-order chi connectivity index (χ1) is 12.1. The van der Waals surface area contributed by atoms with Crippen molar-refractivity contribution in [3.8, 4) is 0 Å². The molecule has 6 nitrogen and oxygen atoms in total. The van der Waals surface area contributed by atoms with Gasteiger partial charge >= 0.3 is 0 Å².